The van der Waals surface area contributed by atoms with E-state index < -0.39 is 0 Å². The zero-order valence-corrected chi connectivity index (χ0v) is 67.9. The summed E-state index contributed by atoms with van der Waals surface area (Å²) in [5.74, 6) is 0.928. The van der Waals surface area contributed by atoms with Crippen molar-refractivity contribution in [1.29, 1.82) is 0 Å². The van der Waals surface area contributed by atoms with Gasteiger partial charge in [-0.25, -0.2) is 0 Å². The molecule has 15 aromatic carbocycles. The fraction of sp³-hybridized carbons (Fsp3) is 0.105. The summed E-state index contributed by atoms with van der Waals surface area (Å²) in [6, 6.07) is 137. The van der Waals surface area contributed by atoms with Gasteiger partial charge in [0, 0.05) is 84.7 Å². The van der Waals surface area contributed by atoms with Gasteiger partial charge in [0.2, 0.25) is 0 Å². The van der Waals surface area contributed by atoms with Gasteiger partial charge in [-0.05, 0) is 184 Å². The lowest BCUT2D eigenvalue weighted by atomic mass is 9.33. The Morgan fingerprint density at radius 2 is 0.782 bits per heavy atom. The van der Waals surface area contributed by atoms with Crippen LogP contribution < -0.4 is 31.1 Å². The summed E-state index contributed by atoms with van der Waals surface area (Å²) in [5.41, 5.74) is 39.9. The molecule has 2 aliphatic heterocycles. The Hall–Kier alpha value is -14.0. The van der Waals surface area contributed by atoms with Crippen molar-refractivity contribution in [3.63, 3.8) is 0 Å². The van der Waals surface area contributed by atoms with Crippen molar-refractivity contribution in [2.75, 3.05) is 14.7 Å². The van der Waals surface area contributed by atoms with Crippen molar-refractivity contribution >= 4 is 102 Å². The lowest BCUT2D eigenvalue weighted by Gasteiger charge is -2.48. The first kappa shape index (κ1) is 71.5. The number of para-hydroxylation sites is 4. The molecule has 3 heterocycles. The van der Waals surface area contributed by atoms with E-state index in [9.17, 15) is 0 Å². The third-order valence-corrected chi connectivity index (χ3v) is 26.1. The van der Waals surface area contributed by atoms with E-state index in [2.05, 4.69) is 461 Å². The third-order valence-electron chi connectivity index (χ3n) is 26.1. The van der Waals surface area contributed by atoms with Gasteiger partial charge in [0.1, 0.15) is 0 Å². The molecule has 4 aliphatic carbocycles. The molecule has 0 radical (unpaired) electrons. The summed E-state index contributed by atoms with van der Waals surface area (Å²) in [5, 5.41) is 2.43. The molecule has 0 spiro atoms. The second kappa shape index (κ2) is 28.4. The maximum absolute atomic E-state index is 2.72. The number of allylic oxidation sites excluding steroid dienone is 12. The van der Waals surface area contributed by atoms with Gasteiger partial charge < -0.3 is 19.3 Å². The van der Waals surface area contributed by atoms with E-state index in [0.29, 0.717) is 11.8 Å². The number of benzene rings is 15. The van der Waals surface area contributed by atoms with Crippen LogP contribution in [0.1, 0.15) is 53.5 Å². The summed E-state index contributed by atoms with van der Waals surface area (Å²) in [7, 11) is 0. The normalized spacial score (nSPS) is 16.3. The number of nitrogens with zero attached hydrogens (tertiary/aromatic N) is 4. The summed E-state index contributed by atoms with van der Waals surface area (Å²) >= 11 is 0. The molecule has 6 aliphatic rings. The lowest BCUT2D eigenvalue weighted by Crippen LogP contribution is -2.61. The smallest absolute Gasteiger partial charge is 0.252 e. The van der Waals surface area contributed by atoms with Gasteiger partial charge in [-0.15, -0.1) is 0 Å². The van der Waals surface area contributed by atoms with Crippen LogP contribution in [-0.2, 0) is 0 Å². The number of aromatic nitrogens is 1. The van der Waals surface area contributed by atoms with Crippen LogP contribution in [-0.4, -0.2) is 11.3 Å². The first-order valence-corrected chi connectivity index (χ1v) is 42.2. The molecular weight excluding hydrogens is 1440 g/mol. The Labute approximate surface area is 699 Å². The van der Waals surface area contributed by atoms with Crippen molar-refractivity contribution in [2.45, 2.75) is 48.0 Å². The zero-order chi connectivity index (χ0) is 79.8. The molecule has 0 amide bonds. The van der Waals surface area contributed by atoms with E-state index in [-0.39, 0.29) is 23.5 Å². The summed E-state index contributed by atoms with van der Waals surface area (Å²) in [4.78, 5) is 7.97. The van der Waals surface area contributed by atoms with Crippen LogP contribution in [0.3, 0.4) is 0 Å². The van der Waals surface area contributed by atoms with Gasteiger partial charge in [0.25, 0.3) is 6.71 Å². The van der Waals surface area contributed by atoms with Crippen LogP contribution in [0.2, 0.25) is 0 Å². The molecule has 22 rings (SSSR count). The minimum atomic E-state index is -0.336. The van der Waals surface area contributed by atoms with Crippen molar-refractivity contribution in [3.05, 3.63) is 434 Å². The van der Waals surface area contributed by atoms with Gasteiger partial charge in [0.05, 0.1) is 28.1 Å². The monoisotopic (exact) mass is 1520 g/mol. The molecule has 4 nitrogen and oxygen atoms in total. The highest BCUT2D eigenvalue weighted by atomic mass is 15.2. The highest BCUT2D eigenvalue weighted by Gasteiger charge is 2.49. The van der Waals surface area contributed by atoms with E-state index in [1.165, 1.54) is 77.3 Å². The van der Waals surface area contributed by atoms with Crippen LogP contribution in [0.4, 0.5) is 51.2 Å². The molecule has 16 aromatic rings. The van der Waals surface area contributed by atoms with E-state index >= 15 is 0 Å². The average molecular weight is 1530 g/mol. The van der Waals surface area contributed by atoms with Crippen molar-refractivity contribution < 1.29 is 0 Å². The average Bonchev–Trinajstić information content (AvgIpc) is 0.901. The van der Waals surface area contributed by atoms with Crippen LogP contribution in [0.5, 0.6) is 0 Å². The van der Waals surface area contributed by atoms with E-state index in [1.807, 2.05) is 0 Å². The summed E-state index contributed by atoms with van der Waals surface area (Å²) in [6.45, 7) is 14.1. The van der Waals surface area contributed by atoms with Crippen LogP contribution in [0.15, 0.2) is 428 Å². The molecule has 0 saturated carbocycles. The van der Waals surface area contributed by atoms with Gasteiger partial charge in [-0.3, -0.25) is 0 Å². The molecule has 0 bridgehead atoms. The lowest BCUT2D eigenvalue weighted by molar-refractivity contribution is 0.328. The molecule has 3 unspecified atom stereocenters. The second-order valence-electron chi connectivity index (χ2n) is 35.1. The predicted molar refractivity (Wildman–Crippen MR) is 504 cm³/mol. The van der Waals surface area contributed by atoms with Crippen molar-refractivity contribution in [3.8, 4) is 72.4 Å². The van der Waals surface area contributed by atoms with E-state index in [0.717, 1.165) is 130 Å². The van der Waals surface area contributed by atoms with Crippen molar-refractivity contribution in [2.24, 2.45) is 28.6 Å². The Morgan fingerprint density at radius 3 is 1.26 bits per heavy atom. The third kappa shape index (κ3) is 12.1. The fourth-order valence-electron chi connectivity index (χ4n) is 20.4. The van der Waals surface area contributed by atoms with Crippen LogP contribution in [0.25, 0.3) is 99.8 Å². The molecule has 5 heteroatoms. The zero-order valence-electron chi connectivity index (χ0n) is 67.9. The molecule has 3 atom stereocenters. The summed E-state index contributed by atoms with van der Waals surface area (Å²) in [6.07, 6.45) is 16.6. The van der Waals surface area contributed by atoms with E-state index in [4.69, 9.17) is 0 Å². The molecule has 1 aromatic heterocycles. The van der Waals surface area contributed by atoms with Gasteiger partial charge in [0.15, 0.2) is 0 Å². The highest BCUT2D eigenvalue weighted by molar-refractivity contribution is 7.00. The SMILES string of the molecule is CC(C)(C)C1=CC2=C(c3ccc4c(c3)B3c5ccc(-n6c7ccccc7c7ccccc76)cc5N(c5c(-c6ccccc6)cccc5-c5ccccc5)c5cc(N(c6ccc(-c7ccccc7)cc6)c6ccc(-c7ccccc7)cc6)cc(c53)N4c3c(-c4ccccc4)cccc3-c3ccccc3)C=C3C=C(C(C)(C)C)CC4C=CC(=C1)C2C34. The number of hydrogen-bond donors (Lipinski definition) is 0. The van der Waals surface area contributed by atoms with Gasteiger partial charge >= 0.3 is 0 Å². The van der Waals surface area contributed by atoms with Crippen LogP contribution >= 0.6 is 0 Å². The Kier molecular flexibility index (Phi) is 17.1. The predicted octanol–water partition coefficient (Wildman–Crippen LogP) is 28.7. The number of rotatable bonds is 13. The highest BCUT2D eigenvalue weighted by Crippen LogP contribution is 2.60. The fourth-order valence-corrected chi connectivity index (χ4v) is 20.4. The molecule has 119 heavy (non-hydrogen) atoms. The number of hydrogen-bond acceptors (Lipinski definition) is 3. The van der Waals surface area contributed by atoms with Crippen molar-refractivity contribution in [1.82, 2.24) is 4.57 Å². The van der Waals surface area contributed by atoms with E-state index in [1.54, 1.807) is 0 Å². The molecule has 0 fully saturated rings. The minimum absolute atomic E-state index is 0.00480. The molecule has 568 valence electrons. The second-order valence-corrected chi connectivity index (χ2v) is 35.1. The Morgan fingerprint density at radius 1 is 0.336 bits per heavy atom. The Balaban J connectivity index is 0.911. The molecular formula is C114H89BN4. The quantitative estimate of drug-likeness (QED) is 0.107. The largest absolute Gasteiger partial charge is 0.310 e. The van der Waals surface area contributed by atoms with Gasteiger partial charge in [-0.1, -0.05) is 381 Å². The topological polar surface area (TPSA) is 14.7 Å². The maximum Gasteiger partial charge on any atom is 0.252 e. The minimum Gasteiger partial charge on any atom is -0.310 e. The first-order valence-electron chi connectivity index (χ1n) is 42.2. The van der Waals surface area contributed by atoms with Gasteiger partial charge in [-0.2, -0.15) is 0 Å². The Bertz CT molecular complexity index is 6680. The molecule has 0 N–H and O–H groups in total. The number of fused-ring (bicyclic) bond motifs is 7. The standard InChI is InChI=1S/C114H89BN4/c1-113(2,3)86-65-83-51-52-84-66-87(114(4,5)6)70-99-98(68-85(67-86)108(83)109(84)99)82-57-64-104-101(69-82)115-100-63-62-90(117-102-49-27-25-43-96(102)97-44-26-28-50-103(97)117)71-105(100)119(112-94(80-39-21-11-22-40-80)47-30-48-95(112)81-41-23-12-24-42-81)107-73-91(72-106(110(107)115)118(104)111-92(78-35-17-9-18-36-78)45-29-46-93(111)79-37-19-10-20-38-79)116(88-58-53-76(54-59-88)74-31-13-7-14-32-74)89-60-55-77(56-61-89)75-33-15-8-16-34-75/h7-64,66-73,83,108-109H,65H2,1-6H3. The first-order chi connectivity index (χ1) is 58.3. The van der Waals surface area contributed by atoms with Crippen LogP contribution in [0, 0.1) is 28.6 Å². The molecule has 0 saturated heterocycles. The maximum atomic E-state index is 2.72. The summed E-state index contributed by atoms with van der Waals surface area (Å²) < 4.78 is 2.52. The number of anilines is 9.